The summed E-state index contributed by atoms with van der Waals surface area (Å²) in [6, 6.07) is 0.230. The first-order chi connectivity index (χ1) is 8.00. The van der Waals surface area contributed by atoms with Crippen LogP contribution in [-0.2, 0) is 0 Å². The van der Waals surface area contributed by atoms with Crippen molar-refractivity contribution < 1.29 is 17.6 Å². The van der Waals surface area contributed by atoms with Gasteiger partial charge in [0.2, 0.25) is 0 Å². The third-order valence-electron chi connectivity index (χ3n) is 2.77. The number of nitrogens with one attached hydrogen (secondary N) is 1. The lowest BCUT2D eigenvalue weighted by Crippen LogP contribution is -2.50. The van der Waals surface area contributed by atoms with E-state index in [1.807, 2.05) is 6.92 Å². The molecule has 0 spiro atoms. The molecule has 1 heterocycles. The van der Waals surface area contributed by atoms with E-state index in [4.69, 9.17) is 0 Å². The Labute approximate surface area is 96.2 Å². The highest BCUT2D eigenvalue weighted by molar-refractivity contribution is 5.50. The SMILES string of the molecule is CC1CN(c2c(F)c(F)cc(F)c2F)CCN1. The number of piperazine rings is 1. The van der Waals surface area contributed by atoms with E-state index in [1.54, 1.807) is 0 Å². The molecule has 94 valence electrons. The van der Waals surface area contributed by atoms with Crippen LogP contribution in [-0.4, -0.2) is 25.7 Å². The minimum Gasteiger partial charge on any atom is -0.364 e. The third-order valence-corrected chi connectivity index (χ3v) is 2.77. The average molecular weight is 248 g/mol. The summed E-state index contributed by atoms with van der Waals surface area (Å²) in [7, 11) is 0. The maximum Gasteiger partial charge on any atom is 0.185 e. The summed E-state index contributed by atoms with van der Waals surface area (Å²) in [6.07, 6.45) is 0. The van der Waals surface area contributed by atoms with Gasteiger partial charge in [-0.15, -0.1) is 0 Å². The lowest BCUT2D eigenvalue weighted by atomic mass is 10.2. The topological polar surface area (TPSA) is 15.3 Å². The van der Waals surface area contributed by atoms with Crippen molar-refractivity contribution in [2.45, 2.75) is 13.0 Å². The lowest BCUT2D eigenvalue weighted by Gasteiger charge is -2.34. The van der Waals surface area contributed by atoms with E-state index in [9.17, 15) is 17.6 Å². The summed E-state index contributed by atoms with van der Waals surface area (Å²) in [5.74, 6) is -5.41. The predicted molar refractivity (Wildman–Crippen MR) is 56.0 cm³/mol. The summed E-state index contributed by atoms with van der Waals surface area (Å²) in [4.78, 5) is 1.32. The van der Waals surface area contributed by atoms with Crippen molar-refractivity contribution in [1.29, 1.82) is 0 Å². The van der Waals surface area contributed by atoms with Gasteiger partial charge in [0.05, 0.1) is 0 Å². The normalized spacial score (nSPS) is 20.8. The summed E-state index contributed by atoms with van der Waals surface area (Å²) in [5, 5.41) is 3.08. The summed E-state index contributed by atoms with van der Waals surface area (Å²) in [5.41, 5.74) is -0.615. The number of benzene rings is 1. The molecule has 6 heteroatoms. The Morgan fingerprint density at radius 1 is 1.18 bits per heavy atom. The summed E-state index contributed by atoms with van der Waals surface area (Å²) < 4.78 is 53.1. The Kier molecular flexibility index (Phi) is 3.24. The van der Waals surface area contributed by atoms with E-state index in [1.165, 1.54) is 4.90 Å². The number of rotatable bonds is 1. The zero-order valence-electron chi connectivity index (χ0n) is 9.24. The molecule has 2 nitrogen and oxygen atoms in total. The maximum atomic E-state index is 13.5. The first kappa shape index (κ1) is 12.2. The van der Waals surface area contributed by atoms with Gasteiger partial charge in [-0.2, -0.15) is 0 Å². The molecule has 1 aliphatic heterocycles. The highest BCUT2D eigenvalue weighted by atomic mass is 19.2. The van der Waals surface area contributed by atoms with Crippen molar-refractivity contribution >= 4 is 5.69 Å². The third kappa shape index (κ3) is 2.22. The van der Waals surface area contributed by atoms with Crippen LogP contribution in [0.15, 0.2) is 6.07 Å². The Hall–Kier alpha value is -1.30. The van der Waals surface area contributed by atoms with Crippen LogP contribution in [0.2, 0.25) is 0 Å². The van der Waals surface area contributed by atoms with Gasteiger partial charge in [0, 0.05) is 31.7 Å². The van der Waals surface area contributed by atoms with Crippen LogP contribution in [0.1, 0.15) is 6.92 Å². The first-order valence-corrected chi connectivity index (χ1v) is 5.32. The number of anilines is 1. The zero-order chi connectivity index (χ0) is 12.6. The molecule has 1 fully saturated rings. The van der Waals surface area contributed by atoms with Gasteiger partial charge >= 0.3 is 0 Å². The second kappa shape index (κ2) is 4.52. The largest absolute Gasteiger partial charge is 0.364 e. The molecule has 17 heavy (non-hydrogen) atoms. The van der Waals surface area contributed by atoms with E-state index in [-0.39, 0.29) is 12.1 Å². The van der Waals surface area contributed by atoms with Crippen molar-refractivity contribution in [1.82, 2.24) is 5.32 Å². The molecule has 1 N–H and O–H groups in total. The van der Waals surface area contributed by atoms with Gasteiger partial charge in [-0.05, 0) is 6.92 Å². The van der Waals surface area contributed by atoms with Gasteiger partial charge in [-0.25, -0.2) is 17.6 Å². The molecule has 1 aromatic rings. The Morgan fingerprint density at radius 2 is 1.76 bits per heavy atom. The number of halogens is 4. The quantitative estimate of drug-likeness (QED) is 0.604. The predicted octanol–water partition coefficient (Wildman–Crippen LogP) is 2.04. The van der Waals surface area contributed by atoms with Crippen molar-refractivity contribution in [3.05, 3.63) is 29.3 Å². The molecule has 2 rings (SSSR count). The Balaban J connectivity index is 2.43. The second-order valence-electron chi connectivity index (χ2n) is 4.12. The smallest absolute Gasteiger partial charge is 0.185 e. The molecular weight excluding hydrogens is 236 g/mol. The number of nitrogens with zero attached hydrogens (tertiary/aromatic N) is 1. The van der Waals surface area contributed by atoms with Gasteiger partial charge < -0.3 is 10.2 Å². The van der Waals surface area contributed by atoms with Gasteiger partial charge in [0.15, 0.2) is 23.3 Å². The number of hydrogen-bond donors (Lipinski definition) is 1. The minimum atomic E-state index is -1.37. The van der Waals surface area contributed by atoms with E-state index in [0.29, 0.717) is 19.6 Å². The molecule has 0 aromatic heterocycles. The zero-order valence-corrected chi connectivity index (χ0v) is 9.24. The second-order valence-corrected chi connectivity index (χ2v) is 4.12. The molecule has 1 atom stereocenters. The summed E-state index contributed by atoms with van der Waals surface area (Å²) >= 11 is 0. The van der Waals surface area contributed by atoms with E-state index in [2.05, 4.69) is 5.32 Å². The van der Waals surface area contributed by atoms with Crippen LogP contribution in [0.4, 0.5) is 23.2 Å². The molecule has 0 bridgehead atoms. The van der Waals surface area contributed by atoms with Crippen LogP contribution in [0.3, 0.4) is 0 Å². The van der Waals surface area contributed by atoms with Gasteiger partial charge in [0.25, 0.3) is 0 Å². The fourth-order valence-corrected chi connectivity index (χ4v) is 1.97. The molecule has 0 amide bonds. The molecule has 1 aliphatic rings. The molecule has 0 saturated carbocycles. The van der Waals surface area contributed by atoms with Crippen molar-refractivity contribution in [3.8, 4) is 0 Å². The number of hydrogen-bond acceptors (Lipinski definition) is 2. The molecule has 0 aliphatic carbocycles. The molecule has 1 saturated heterocycles. The fourth-order valence-electron chi connectivity index (χ4n) is 1.97. The molecule has 0 radical (unpaired) electrons. The fraction of sp³-hybridized carbons (Fsp3) is 0.455. The lowest BCUT2D eigenvalue weighted by molar-refractivity contribution is 0.432. The van der Waals surface area contributed by atoms with E-state index >= 15 is 0 Å². The van der Waals surface area contributed by atoms with Crippen LogP contribution < -0.4 is 10.2 Å². The first-order valence-electron chi connectivity index (χ1n) is 5.32. The molecule has 1 unspecified atom stereocenters. The van der Waals surface area contributed by atoms with Crippen LogP contribution in [0.5, 0.6) is 0 Å². The summed E-state index contributed by atoms with van der Waals surface area (Å²) in [6.45, 7) is 2.95. The Bertz CT molecular complexity index is 410. The monoisotopic (exact) mass is 248 g/mol. The molecule has 1 aromatic carbocycles. The highest BCUT2D eigenvalue weighted by Crippen LogP contribution is 2.28. The van der Waals surface area contributed by atoms with E-state index in [0.717, 1.165) is 0 Å². The van der Waals surface area contributed by atoms with Crippen LogP contribution in [0, 0.1) is 23.3 Å². The standard InChI is InChI=1S/C11H12F4N2/c1-6-5-17(3-2-16-6)11-9(14)7(12)4-8(13)10(11)15/h4,6,16H,2-3,5H2,1H3. The van der Waals surface area contributed by atoms with Crippen molar-refractivity contribution in [3.63, 3.8) is 0 Å². The van der Waals surface area contributed by atoms with Gasteiger partial charge in [-0.3, -0.25) is 0 Å². The minimum absolute atomic E-state index is 0.00822. The molecular formula is C11H12F4N2. The van der Waals surface area contributed by atoms with Gasteiger partial charge in [0.1, 0.15) is 5.69 Å². The van der Waals surface area contributed by atoms with E-state index < -0.39 is 29.0 Å². The van der Waals surface area contributed by atoms with Crippen LogP contribution >= 0.6 is 0 Å². The van der Waals surface area contributed by atoms with Gasteiger partial charge in [-0.1, -0.05) is 0 Å². The Morgan fingerprint density at radius 3 is 2.29 bits per heavy atom. The van der Waals surface area contributed by atoms with Crippen molar-refractivity contribution in [2.75, 3.05) is 24.5 Å². The average Bonchev–Trinajstić information content (AvgIpc) is 2.27. The highest BCUT2D eigenvalue weighted by Gasteiger charge is 2.26. The van der Waals surface area contributed by atoms with Crippen LogP contribution in [0.25, 0.3) is 0 Å². The maximum absolute atomic E-state index is 13.5. The van der Waals surface area contributed by atoms with Crippen molar-refractivity contribution in [2.24, 2.45) is 0 Å².